The molecule has 0 aliphatic heterocycles. The van der Waals surface area contributed by atoms with Crippen molar-refractivity contribution in [1.82, 2.24) is 14.1 Å². The minimum atomic E-state index is -0.445. The number of carbonyl (C=O) groups is 1. The van der Waals surface area contributed by atoms with Crippen molar-refractivity contribution in [2.24, 2.45) is 0 Å². The molecule has 0 saturated carbocycles. The number of anilines is 1. The van der Waals surface area contributed by atoms with E-state index in [-0.39, 0.29) is 30.1 Å². The molecule has 35 heavy (non-hydrogen) atoms. The minimum absolute atomic E-state index is 0.128. The maximum absolute atomic E-state index is 14.1. The molecule has 8 heteroatoms. The van der Waals surface area contributed by atoms with Crippen LogP contribution in [0.4, 0.5) is 10.1 Å². The number of fused-ring (bicyclic) bond motifs is 3. The SMILES string of the molecule is CCc1ccccc1NC(=O)Cn1c2ccc(F)cc2c2ncn(Cc3ccccc3Cl)c(=O)c21. The molecule has 5 aromatic rings. The smallest absolute Gasteiger partial charge is 0.278 e. The summed E-state index contributed by atoms with van der Waals surface area (Å²) in [7, 11) is 0. The number of carbonyl (C=O) groups excluding carboxylic acids is 1. The van der Waals surface area contributed by atoms with Gasteiger partial charge in [0.25, 0.3) is 5.56 Å². The predicted molar refractivity (Wildman–Crippen MR) is 136 cm³/mol. The summed E-state index contributed by atoms with van der Waals surface area (Å²) in [6, 6.07) is 19.0. The summed E-state index contributed by atoms with van der Waals surface area (Å²) < 4.78 is 17.2. The van der Waals surface area contributed by atoms with Crippen LogP contribution < -0.4 is 10.9 Å². The van der Waals surface area contributed by atoms with Gasteiger partial charge in [0.2, 0.25) is 5.91 Å². The van der Waals surface area contributed by atoms with Crippen molar-refractivity contribution >= 4 is 45.1 Å². The Kier molecular flexibility index (Phi) is 6.09. The fraction of sp³-hybridized carbons (Fsp3) is 0.148. The molecule has 0 aliphatic carbocycles. The van der Waals surface area contributed by atoms with Crippen LogP contribution in [0, 0.1) is 5.82 Å². The van der Waals surface area contributed by atoms with E-state index in [9.17, 15) is 14.0 Å². The van der Waals surface area contributed by atoms with Crippen molar-refractivity contribution in [1.29, 1.82) is 0 Å². The van der Waals surface area contributed by atoms with Crippen LogP contribution in [0.15, 0.2) is 77.9 Å². The van der Waals surface area contributed by atoms with Gasteiger partial charge in [-0.1, -0.05) is 54.9 Å². The Balaban J connectivity index is 1.61. The summed E-state index contributed by atoms with van der Waals surface area (Å²) in [6.45, 7) is 2.10. The highest BCUT2D eigenvalue weighted by Gasteiger charge is 2.19. The highest BCUT2D eigenvalue weighted by atomic mass is 35.5. The van der Waals surface area contributed by atoms with Crippen molar-refractivity contribution in [2.75, 3.05) is 5.32 Å². The van der Waals surface area contributed by atoms with E-state index in [0.717, 1.165) is 23.2 Å². The highest BCUT2D eigenvalue weighted by Crippen LogP contribution is 2.27. The molecule has 1 amide bonds. The number of aryl methyl sites for hydroxylation is 1. The molecule has 0 aliphatic rings. The first kappa shape index (κ1) is 22.8. The summed E-state index contributed by atoms with van der Waals surface area (Å²) in [6.07, 6.45) is 2.20. The molecule has 5 rings (SSSR count). The third-order valence-corrected chi connectivity index (χ3v) is 6.43. The van der Waals surface area contributed by atoms with Crippen LogP contribution in [0.1, 0.15) is 18.1 Å². The number of para-hydroxylation sites is 1. The maximum atomic E-state index is 14.1. The van der Waals surface area contributed by atoms with Gasteiger partial charge in [-0.05, 0) is 47.9 Å². The van der Waals surface area contributed by atoms with Crippen molar-refractivity contribution in [3.63, 3.8) is 0 Å². The zero-order valence-electron chi connectivity index (χ0n) is 19.0. The Bertz CT molecular complexity index is 1640. The molecule has 0 spiro atoms. The van der Waals surface area contributed by atoms with E-state index >= 15 is 0 Å². The average molecular weight is 489 g/mol. The van der Waals surface area contributed by atoms with E-state index in [1.165, 1.54) is 23.0 Å². The number of halogens is 2. The largest absolute Gasteiger partial charge is 0.325 e. The molecule has 1 N–H and O–H groups in total. The molecule has 0 fully saturated rings. The van der Waals surface area contributed by atoms with E-state index in [2.05, 4.69) is 10.3 Å². The van der Waals surface area contributed by atoms with Crippen LogP contribution in [-0.4, -0.2) is 20.0 Å². The fourth-order valence-electron chi connectivity index (χ4n) is 4.34. The normalized spacial score (nSPS) is 11.3. The van der Waals surface area contributed by atoms with Gasteiger partial charge < -0.3 is 9.88 Å². The van der Waals surface area contributed by atoms with Gasteiger partial charge in [0.05, 0.1) is 18.4 Å². The Hall–Kier alpha value is -3.97. The van der Waals surface area contributed by atoms with Crippen LogP contribution >= 0.6 is 11.6 Å². The third kappa shape index (κ3) is 4.31. The number of hydrogen-bond acceptors (Lipinski definition) is 3. The third-order valence-electron chi connectivity index (χ3n) is 6.06. The molecule has 6 nitrogen and oxygen atoms in total. The van der Waals surface area contributed by atoms with Crippen LogP contribution in [0.3, 0.4) is 0 Å². The summed E-state index contributed by atoms with van der Waals surface area (Å²) in [5, 5.41) is 3.96. The van der Waals surface area contributed by atoms with Gasteiger partial charge in [0.15, 0.2) is 0 Å². The van der Waals surface area contributed by atoms with Crippen LogP contribution in [-0.2, 0) is 24.3 Å². The zero-order chi connectivity index (χ0) is 24.5. The van der Waals surface area contributed by atoms with Crippen LogP contribution in [0.2, 0.25) is 5.02 Å². The lowest BCUT2D eigenvalue weighted by atomic mass is 10.1. The first-order chi connectivity index (χ1) is 17.0. The molecular formula is C27H22ClFN4O2. The lowest BCUT2D eigenvalue weighted by Crippen LogP contribution is -2.25. The molecule has 0 atom stereocenters. The number of hydrogen-bond donors (Lipinski definition) is 1. The van der Waals surface area contributed by atoms with E-state index in [1.807, 2.05) is 49.4 Å². The van der Waals surface area contributed by atoms with Gasteiger partial charge in [0, 0.05) is 16.1 Å². The van der Waals surface area contributed by atoms with Gasteiger partial charge in [-0.3, -0.25) is 14.2 Å². The number of amides is 1. The predicted octanol–water partition coefficient (Wildman–Crippen LogP) is 5.39. The Labute approximate surface area is 205 Å². The quantitative estimate of drug-likeness (QED) is 0.348. The van der Waals surface area contributed by atoms with E-state index in [1.54, 1.807) is 16.7 Å². The standard InChI is InChI=1S/C27H22ClFN4O2/c1-2-17-7-4-6-10-22(17)31-24(34)15-33-23-12-11-19(29)13-20(23)25-26(33)27(35)32(16-30-25)14-18-8-3-5-9-21(18)28/h3-13,16H,2,14-15H2,1H3,(H,31,34). The van der Waals surface area contributed by atoms with Crippen molar-refractivity contribution in [3.8, 4) is 0 Å². The maximum Gasteiger partial charge on any atom is 0.278 e. The molecule has 0 unspecified atom stereocenters. The lowest BCUT2D eigenvalue weighted by molar-refractivity contribution is -0.116. The van der Waals surface area contributed by atoms with E-state index in [4.69, 9.17) is 11.6 Å². The number of benzene rings is 3. The van der Waals surface area contributed by atoms with E-state index in [0.29, 0.717) is 21.4 Å². The monoisotopic (exact) mass is 488 g/mol. The summed E-state index contributed by atoms with van der Waals surface area (Å²) >= 11 is 6.29. The number of nitrogens with one attached hydrogen (secondary N) is 1. The highest BCUT2D eigenvalue weighted by molar-refractivity contribution is 6.31. The lowest BCUT2D eigenvalue weighted by Gasteiger charge is -2.12. The van der Waals surface area contributed by atoms with Gasteiger partial charge in [-0.15, -0.1) is 0 Å². The number of nitrogens with zero attached hydrogens (tertiary/aromatic N) is 3. The van der Waals surface area contributed by atoms with Crippen molar-refractivity contribution in [3.05, 3.63) is 105 Å². The summed E-state index contributed by atoms with van der Waals surface area (Å²) in [5.74, 6) is -0.741. The molecule has 3 aromatic carbocycles. The minimum Gasteiger partial charge on any atom is -0.325 e. The number of rotatable bonds is 6. The average Bonchev–Trinajstić information content (AvgIpc) is 3.15. The second-order valence-corrected chi connectivity index (χ2v) is 8.68. The second kappa shape index (κ2) is 9.35. The molecule has 0 saturated heterocycles. The van der Waals surface area contributed by atoms with E-state index < -0.39 is 5.82 Å². The Morgan fingerprint density at radius 1 is 1.06 bits per heavy atom. The topological polar surface area (TPSA) is 68.9 Å². The molecule has 176 valence electrons. The molecule has 2 aromatic heterocycles. The van der Waals surface area contributed by atoms with Crippen LogP contribution in [0.5, 0.6) is 0 Å². The Morgan fingerprint density at radius 3 is 2.57 bits per heavy atom. The zero-order valence-corrected chi connectivity index (χ0v) is 19.7. The first-order valence-electron chi connectivity index (χ1n) is 11.2. The fourth-order valence-corrected chi connectivity index (χ4v) is 4.54. The molecule has 0 radical (unpaired) electrons. The van der Waals surface area contributed by atoms with Crippen molar-refractivity contribution < 1.29 is 9.18 Å². The number of aromatic nitrogens is 3. The molecule has 2 heterocycles. The Morgan fingerprint density at radius 2 is 1.80 bits per heavy atom. The van der Waals surface area contributed by atoms with Gasteiger partial charge in [0.1, 0.15) is 23.4 Å². The molecule has 0 bridgehead atoms. The van der Waals surface area contributed by atoms with Gasteiger partial charge >= 0.3 is 0 Å². The summed E-state index contributed by atoms with van der Waals surface area (Å²) in [5.41, 5.74) is 3.30. The first-order valence-corrected chi connectivity index (χ1v) is 11.6. The van der Waals surface area contributed by atoms with Crippen molar-refractivity contribution in [2.45, 2.75) is 26.4 Å². The van der Waals surface area contributed by atoms with Gasteiger partial charge in [-0.2, -0.15) is 0 Å². The molecular weight excluding hydrogens is 467 g/mol. The second-order valence-electron chi connectivity index (χ2n) is 8.27. The summed E-state index contributed by atoms with van der Waals surface area (Å²) in [4.78, 5) is 31.2. The van der Waals surface area contributed by atoms with Gasteiger partial charge in [-0.25, -0.2) is 9.37 Å². The van der Waals surface area contributed by atoms with Crippen LogP contribution in [0.25, 0.3) is 21.9 Å².